The third kappa shape index (κ3) is 1.75. The average molecular weight is 298 g/mol. The first kappa shape index (κ1) is 14.1. The second-order valence-corrected chi connectivity index (χ2v) is 7.00. The van der Waals surface area contributed by atoms with Gasteiger partial charge in [0.1, 0.15) is 0 Å². The van der Waals surface area contributed by atoms with Crippen molar-refractivity contribution in [3.63, 3.8) is 0 Å². The van der Waals surface area contributed by atoms with Gasteiger partial charge in [-0.3, -0.25) is 0 Å². The molecule has 1 spiro atoms. The zero-order valence-electron chi connectivity index (χ0n) is 12.4. The number of hydrogen-bond donors (Lipinski definition) is 1. The van der Waals surface area contributed by atoms with Crippen molar-refractivity contribution < 1.29 is 29.4 Å². The van der Waals surface area contributed by atoms with Gasteiger partial charge >= 0.3 is 0 Å². The molecule has 1 aliphatic carbocycles. The number of rotatable bonds is 1. The molecule has 21 heavy (non-hydrogen) atoms. The predicted molar refractivity (Wildman–Crippen MR) is 70.5 cm³/mol. The number of hydrogen-bond acceptors (Lipinski definition) is 6. The highest BCUT2D eigenvalue weighted by atomic mass is 17.3. The molecule has 6 heteroatoms. The first-order chi connectivity index (χ1) is 10.00. The van der Waals surface area contributed by atoms with Gasteiger partial charge in [-0.05, 0) is 43.6 Å². The van der Waals surface area contributed by atoms with E-state index in [-0.39, 0.29) is 11.8 Å². The van der Waals surface area contributed by atoms with Crippen LogP contribution < -0.4 is 0 Å². The van der Waals surface area contributed by atoms with Gasteiger partial charge in [0.15, 0.2) is 11.9 Å². The largest absolute Gasteiger partial charge is 0.315 e. The molecule has 0 aromatic rings. The van der Waals surface area contributed by atoms with Crippen LogP contribution >= 0.6 is 0 Å². The van der Waals surface area contributed by atoms with Gasteiger partial charge in [0.2, 0.25) is 12.1 Å². The molecule has 7 atom stereocenters. The highest BCUT2D eigenvalue weighted by molar-refractivity contribution is 5.21. The molecule has 0 aromatic carbocycles. The van der Waals surface area contributed by atoms with Gasteiger partial charge in [0.25, 0.3) is 0 Å². The molecule has 118 valence electrons. The summed E-state index contributed by atoms with van der Waals surface area (Å²) in [5.74, 6) is -0.0328. The minimum absolute atomic E-state index is 0.00255. The Bertz CT molecular complexity index is 467. The van der Waals surface area contributed by atoms with E-state index < -0.39 is 24.0 Å². The van der Waals surface area contributed by atoms with Crippen molar-refractivity contribution in [2.45, 2.75) is 63.5 Å². The summed E-state index contributed by atoms with van der Waals surface area (Å²) in [5, 5.41) is 9.09. The SMILES string of the molecule is C=C1C2CC[C@@H](C)C3CC[C@@]4(C)OO[C@@]23[C@H](O[C@@H]1OO)O4. The maximum absolute atomic E-state index is 9.09. The molecule has 2 unspecified atom stereocenters. The molecule has 2 bridgehead atoms. The van der Waals surface area contributed by atoms with E-state index in [2.05, 4.69) is 18.4 Å². The van der Waals surface area contributed by atoms with Gasteiger partial charge in [-0.25, -0.2) is 19.9 Å². The summed E-state index contributed by atoms with van der Waals surface area (Å²) >= 11 is 0. The van der Waals surface area contributed by atoms with E-state index >= 15 is 0 Å². The van der Waals surface area contributed by atoms with Crippen molar-refractivity contribution in [2.24, 2.45) is 17.8 Å². The fourth-order valence-electron chi connectivity index (χ4n) is 4.65. The third-order valence-corrected chi connectivity index (χ3v) is 5.81. The smallest absolute Gasteiger partial charge is 0.215 e. The van der Waals surface area contributed by atoms with Crippen LogP contribution in [0.25, 0.3) is 0 Å². The van der Waals surface area contributed by atoms with E-state index in [0.717, 1.165) is 25.7 Å². The summed E-state index contributed by atoms with van der Waals surface area (Å²) < 4.78 is 11.9. The summed E-state index contributed by atoms with van der Waals surface area (Å²) in [4.78, 5) is 16.0. The molecule has 6 nitrogen and oxygen atoms in total. The molecular formula is C15H22O6. The number of fused-ring (bicyclic) bond motifs is 2. The second kappa shape index (κ2) is 4.50. The van der Waals surface area contributed by atoms with Crippen molar-refractivity contribution in [3.8, 4) is 0 Å². The van der Waals surface area contributed by atoms with Crippen LogP contribution in [0.5, 0.6) is 0 Å². The molecule has 4 saturated heterocycles. The molecule has 0 aromatic heterocycles. The summed E-state index contributed by atoms with van der Waals surface area (Å²) in [6.07, 6.45) is 2.23. The predicted octanol–water partition coefficient (Wildman–Crippen LogP) is 2.60. The van der Waals surface area contributed by atoms with Gasteiger partial charge in [0, 0.05) is 12.3 Å². The highest BCUT2D eigenvalue weighted by Gasteiger charge is 2.69. The normalized spacial score (nSPS) is 56.0. The van der Waals surface area contributed by atoms with Crippen molar-refractivity contribution in [2.75, 3.05) is 0 Å². The molecule has 5 fully saturated rings. The van der Waals surface area contributed by atoms with Gasteiger partial charge in [0.05, 0.1) is 0 Å². The Morgan fingerprint density at radius 2 is 2.10 bits per heavy atom. The van der Waals surface area contributed by atoms with E-state index in [1.54, 1.807) is 0 Å². The van der Waals surface area contributed by atoms with Crippen LogP contribution in [0.1, 0.15) is 39.5 Å². The Hall–Kier alpha value is -0.500. The molecule has 0 amide bonds. The maximum Gasteiger partial charge on any atom is 0.215 e. The van der Waals surface area contributed by atoms with E-state index in [1.807, 2.05) is 6.92 Å². The Kier molecular flexibility index (Phi) is 3.03. The minimum atomic E-state index is -0.869. The van der Waals surface area contributed by atoms with E-state index in [4.69, 9.17) is 24.5 Å². The minimum Gasteiger partial charge on any atom is -0.315 e. The molecule has 4 heterocycles. The Balaban J connectivity index is 1.81. The summed E-state index contributed by atoms with van der Waals surface area (Å²) in [7, 11) is 0. The lowest BCUT2D eigenvalue weighted by atomic mass is 9.59. The van der Waals surface area contributed by atoms with Crippen LogP contribution in [0.2, 0.25) is 0 Å². The fraction of sp³-hybridized carbons (Fsp3) is 0.867. The van der Waals surface area contributed by atoms with Crippen LogP contribution in [-0.4, -0.2) is 29.2 Å². The molecular weight excluding hydrogens is 276 g/mol. The Morgan fingerprint density at radius 3 is 2.86 bits per heavy atom. The standard InChI is InChI=1S/C15H22O6/c1-8-4-5-11-9(2)12(19-16)17-13-15(11)10(8)6-7-14(3,18-13)20-21-15/h8,10-13,16H,2,4-7H2,1,3H3/t8-,10?,11?,12-,13-,14-,15-/m1/s1. The zero-order valence-corrected chi connectivity index (χ0v) is 12.4. The van der Waals surface area contributed by atoms with E-state index in [0.29, 0.717) is 11.5 Å². The lowest BCUT2D eigenvalue weighted by Crippen LogP contribution is -2.69. The van der Waals surface area contributed by atoms with Crippen molar-refractivity contribution in [1.82, 2.24) is 0 Å². The molecule has 1 N–H and O–H groups in total. The highest BCUT2D eigenvalue weighted by Crippen LogP contribution is 2.60. The topological polar surface area (TPSA) is 66.4 Å². The molecule has 4 aliphatic heterocycles. The zero-order chi connectivity index (χ0) is 14.8. The maximum atomic E-state index is 9.09. The van der Waals surface area contributed by atoms with Crippen LogP contribution in [0.3, 0.4) is 0 Å². The first-order valence-electron chi connectivity index (χ1n) is 7.69. The summed E-state index contributed by atoms with van der Waals surface area (Å²) in [6, 6.07) is 0. The fourth-order valence-corrected chi connectivity index (χ4v) is 4.65. The summed E-state index contributed by atoms with van der Waals surface area (Å²) in [5.41, 5.74) is 0.0168. The van der Waals surface area contributed by atoms with Gasteiger partial charge < -0.3 is 9.47 Å². The average Bonchev–Trinajstić information content (AvgIpc) is 2.69. The first-order valence-corrected chi connectivity index (χ1v) is 7.69. The quantitative estimate of drug-likeness (QED) is 0.456. The van der Waals surface area contributed by atoms with E-state index in [9.17, 15) is 0 Å². The lowest BCUT2D eigenvalue weighted by Gasteiger charge is -2.58. The van der Waals surface area contributed by atoms with Crippen LogP contribution in [0.4, 0.5) is 0 Å². The van der Waals surface area contributed by atoms with Crippen LogP contribution in [-0.2, 0) is 24.1 Å². The van der Waals surface area contributed by atoms with Crippen molar-refractivity contribution in [1.29, 1.82) is 0 Å². The van der Waals surface area contributed by atoms with Crippen LogP contribution in [0.15, 0.2) is 12.2 Å². The van der Waals surface area contributed by atoms with Crippen molar-refractivity contribution >= 4 is 0 Å². The van der Waals surface area contributed by atoms with Gasteiger partial charge in [-0.1, -0.05) is 13.5 Å². The van der Waals surface area contributed by atoms with Gasteiger partial charge in [-0.2, -0.15) is 0 Å². The number of ether oxygens (including phenoxy) is 2. The van der Waals surface area contributed by atoms with Gasteiger partial charge in [-0.15, -0.1) is 0 Å². The molecule has 0 radical (unpaired) electrons. The van der Waals surface area contributed by atoms with Crippen LogP contribution in [0, 0.1) is 17.8 Å². The summed E-state index contributed by atoms with van der Waals surface area (Å²) in [6.45, 7) is 8.16. The third-order valence-electron chi connectivity index (χ3n) is 5.81. The Morgan fingerprint density at radius 1 is 1.29 bits per heavy atom. The molecule has 5 aliphatic rings. The molecule has 5 rings (SSSR count). The lowest BCUT2D eigenvalue weighted by molar-refractivity contribution is -0.573. The molecule has 1 saturated carbocycles. The monoisotopic (exact) mass is 298 g/mol. The van der Waals surface area contributed by atoms with Crippen molar-refractivity contribution in [3.05, 3.63) is 12.2 Å². The Labute approximate surface area is 123 Å². The van der Waals surface area contributed by atoms with E-state index in [1.165, 1.54) is 0 Å². The second-order valence-electron chi connectivity index (χ2n) is 7.00.